The summed E-state index contributed by atoms with van der Waals surface area (Å²) in [7, 11) is 0. The maximum absolute atomic E-state index is 11.4. The second-order valence-electron chi connectivity index (χ2n) is 5.79. The molecule has 3 N–H and O–H groups in total. The van der Waals surface area contributed by atoms with Crippen molar-refractivity contribution in [1.29, 1.82) is 0 Å². The highest BCUT2D eigenvalue weighted by atomic mass is 32.1. The fourth-order valence-electron chi connectivity index (χ4n) is 2.41. The Morgan fingerprint density at radius 3 is 2.20 bits per heavy atom. The fraction of sp³-hybridized carbons (Fsp3) is 0.688. The standard InChI is InChI=1S/C9H12O3S.C7H12O4S/c10-8(11)5-4-6-2-1-3-7(13)9(6)12;8-6(9)2-1-5(3-4-12)7(10)11/h6H,1-5H2,(H,10,11);5,12H,1-4H2,(H,8,9)(H,10,11). The number of hydrogen-bond donors (Lipinski definition) is 4. The molecule has 142 valence electrons. The van der Waals surface area contributed by atoms with Crippen molar-refractivity contribution in [1.82, 2.24) is 0 Å². The van der Waals surface area contributed by atoms with Gasteiger partial charge in [-0.1, -0.05) is 12.2 Å². The van der Waals surface area contributed by atoms with Crippen LogP contribution < -0.4 is 0 Å². The lowest BCUT2D eigenvalue weighted by atomic mass is 9.85. The van der Waals surface area contributed by atoms with Gasteiger partial charge in [0, 0.05) is 18.8 Å². The number of carbonyl (C=O) groups excluding carboxylic acids is 1. The number of ketones is 1. The highest BCUT2D eigenvalue weighted by Gasteiger charge is 2.26. The molecule has 2 atom stereocenters. The second kappa shape index (κ2) is 12.8. The van der Waals surface area contributed by atoms with Crippen LogP contribution in [0.5, 0.6) is 0 Å². The molecule has 0 bridgehead atoms. The van der Waals surface area contributed by atoms with Crippen LogP contribution in [0.3, 0.4) is 0 Å². The molecule has 1 rings (SSSR count). The van der Waals surface area contributed by atoms with Crippen molar-refractivity contribution >= 4 is 53.4 Å². The lowest BCUT2D eigenvalue weighted by molar-refractivity contribution is -0.143. The van der Waals surface area contributed by atoms with Crippen molar-refractivity contribution in [2.24, 2.45) is 11.8 Å². The maximum atomic E-state index is 11.4. The summed E-state index contributed by atoms with van der Waals surface area (Å²) in [5.74, 6) is -2.97. The third-order valence-electron chi connectivity index (χ3n) is 3.84. The van der Waals surface area contributed by atoms with Crippen LogP contribution in [0.2, 0.25) is 0 Å². The van der Waals surface area contributed by atoms with Crippen LogP contribution in [0.15, 0.2) is 0 Å². The largest absolute Gasteiger partial charge is 0.481 e. The number of Topliss-reactive ketones (excluding diaryl/α,β-unsaturated/α-hetero) is 1. The molecule has 0 radical (unpaired) electrons. The molecule has 0 aliphatic heterocycles. The van der Waals surface area contributed by atoms with Gasteiger partial charge in [-0.15, -0.1) is 0 Å². The van der Waals surface area contributed by atoms with Crippen molar-refractivity contribution in [2.75, 3.05) is 5.75 Å². The first-order valence-corrected chi connectivity index (χ1v) is 9.07. The minimum atomic E-state index is -0.958. The summed E-state index contributed by atoms with van der Waals surface area (Å²) in [6.45, 7) is 0. The number of carbonyl (C=O) groups is 4. The number of rotatable bonds is 9. The van der Waals surface area contributed by atoms with Gasteiger partial charge in [0.15, 0.2) is 5.78 Å². The molecule has 0 amide bonds. The zero-order valence-corrected chi connectivity index (χ0v) is 15.6. The van der Waals surface area contributed by atoms with Gasteiger partial charge in [0.2, 0.25) is 0 Å². The van der Waals surface area contributed by atoms with E-state index in [2.05, 4.69) is 12.6 Å². The smallest absolute Gasteiger partial charge is 0.306 e. The van der Waals surface area contributed by atoms with Gasteiger partial charge in [0.1, 0.15) is 0 Å². The van der Waals surface area contributed by atoms with E-state index in [0.717, 1.165) is 12.8 Å². The van der Waals surface area contributed by atoms with Gasteiger partial charge in [0.25, 0.3) is 0 Å². The van der Waals surface area contributed by atoms with Crippen LogP contribution in [0.1, 0.15) is 51.4 Å². The summed E-state index contributed by atoms with van der Waals surface area (Å²) in [6.07, 6.45) is 3.45. The van der Waals surface area contributed by atoms with Gasteiger partial charge >= 0.3 is 17.9 Å². The minimum absolute atomic E-state index is 0.00231. The van der Waals surface area contributed by atoms with Gasteiger partial charge in [-0.25, -0.2) is 0 Å². The van der Waals surface area contributed by atoms with Crippen LogP contribution >= 0.6 is 24.8 Å². The first kappa shape index (κ1) is 23.5. The third-order valence-corrected chi connectivity index (χ3v) is 4.51. The molecular weight excluding hydrogens is 368 g/mol. The minimum Gasteiger partial charge on any atom is -0.481 e. The van der Waals surface area contributed by atoms with E-state index in [1.807, 2.05) is 0 Å². The normalized spacial score (nSPS) is 18.0. The van der Waals surface area contributed by atoms with Crippen LogP contribution in [0, 0.1) is 11.8 Å². The predicted octanol–water partition coefficient (Wildman–Crippen LogP) is 2.46. The molecule has 0 aromatic carbocycles. The van der Waals surface area contributed by atoms with E-state index in [0.29, 0.717) is 29.9 Å². The summed E-state index contributed by atoms with van der Waals surface area (Å²) in [5, 5.41) is 25.3. The Bertz CT molecular complexity index is 505. The Morgan fingerprint density at radius 1 is 1.12 bits per heavy atom. The van der Waals surface area contributed by atoms with Crippen LogP contribution in [-0.2, 0) is 19.2 Å². The van der Waals surface area contributed by atoms with Gasteiger partial charge in [-0.05, 0) is 44.3 Å². The van der Waals surface area contributed by atoms with Gasteiger partial charge in [0.05, 0.1) is 10.8 Å². The number of thiocarbonyl (C=S) groups is 1. The van der Waals surface area contributed by atoms with Crippen molar-refractivity contribution in [3.8, 4) is 0 Å². The molecule has 1 fully saturated rings. The lowest BCUT2D eigenvalue weighted by Crippen LogP contribution is -2.27. The summed E-state index contributed by atoms with van der Waals surface area (Å²) >= 11 is 8.78. The van der Waals surface area contributed by atoms with Crippen molar-refractivity contribution < 1.29 is 34.5 Å². The van der Waals surface area contributed by atoms with Gasteiger partial charge in [-0.3, -0.25) is 19.2 Å². The van der Waals surface area contributed by atoms with E-state index < -0.39 is 23.8 Å². The molecule has 1 aliphatic rings. The summed E-state index contributed by atoms with van der Waals surface area (Å²) < 4.78 is 0. The molecule has 1 saturated carbocycles. The van der Waals surface area contributed by atoms with Crippen LogP contribution in [-0.4, -0.2) is 49.6 Å². The molecule has 7 nitrogen and oxygen atoms in total. The van der Waals surface area contributed by atoms with Gasteiger partial charge in [-0.2, -0.15) is 12.6 Å². The van der Waals surface area contributed by atoms with E-state index >= 15 is 0 Å². The summed E-state index contributed by atoms with van der Waals surface area (Å²) in [6, 6.07) is 0. The molecule has 25 heavy (non-hydrogen) atoms. The van der Waals surface area contributed by atoms with E-state index in [-0.39, 0.29) is 31.0 Å². The van der Waals surface area contributed by atoms with E-state index in [9.17, 15) is 19.2 Å². The quantitative estimate of drug-likeness (QED) is 0.348. The molecule has 0 aromatic rings. The Hall–Kier alpha value is -1.48. The maximum Gasteiger partial charge on any atom is 0.306 e. The summed E-state index contributed by atoms with van der Waals surface area (Å²) in [4.78, 5) is 42.8. The van der Waals surface area contributed by atoms with Crippen molar-refractivity contribution in [3.05, 3.63) is 0 Å². The molecule has 2 unspecified atom stereocenters. The Balaban J connectivity index is 0.000000463. The SMILES string of the molecule is O=C(O)CCC(CCS)C(=O)O.O=C(O)CCC1CCCC(=S)C1=O. The Morgan fingerprint density at radius 2 is 1.72 bits per heavy atom. The lowest BCUT2D eigenvalue weighted by Gasteiger charge is -2.19. The third kappa shape index (κ3) is 10.9. The van der Waals surface area contributed by atoms with Crippen LogP contribution in [0.25, 0.3) is 0 Å². The monoisotopic (exact) mass is 392 g/mol. The molecule has 0 spiro atoms. The molecular formula is C16H24O7S2. The number of carboxylic acid groups (broad SMARTS) is 3. The van der Waals surface area contributed by atoms with Crippen LogP contribution in [0.4, 0.5) is 0 Å². The predicted molar refractivity (Wildman–Crippen MR) is 98.3 cm³/mol. The zero-order chi connectivity index (χ0) is 19.4. The average molecular weight is 392 g/mol. The number of carboxylic acids is 3. The first-order valence-electron chi connectivity index (χ1n) is 8.03. The highest BCUT2D eigenvalue weighted by molar-refractivity contribution is 7.82. The fourth-order valence-corrected chi connectivity index (χ4v) is 3.03. The Labute approximate surface area is 157 Å². The average Bonchev–Trinajstić information content (AvgIpc) is 2.53. The first-order chi connectivity index (χ1) is 11.7. The molecule has 0 saturated heterocycles. The highest BCUT2D eigenvalue weighted by Crippen LogP contribution is 2.23. The van der Waals surface area contributed by atoms with E-state index in [4.69, 9.17) is 27.5 Å². The van der Waals surface area contributed by atoms with E-state index in [1.165, 1.54) is 0 Å². The Kier molecular flexibility index (Phi) is 12.1. The molecule has 1 aliphatic carbocycles. The van der Waals surface area contributed by atoms with Crippen molar-refractivity contribution in [3.63, 3.8) is 0 Å². The molecule has 0 aromatic heterocycles. The summed E-state index contributed by atoms with van der Waals surface area (Å²) in [5.41, 5.74) is 0. The number of thiol groups is 1. The second-order valence-corrected chi connectivity index (χ2v) is 6.73. The van der Waals surface area contributed by atoms with E-state index in [1.54, 1.807) is 0 Å². The number of aliphatic carboxylic acids is 3. The molecule has 9 heteroatoms. The topological polar surface area (TPSA) is 129 Å². The van der Waals surface area contributed by atoms with Gasteiger partial charge < -0.3 is 15.3 Å². The zero-order valence-electron chi connectivity index (χ0n) is 13.8. The van der Waals surface area contributed by atoms with Crippen molar-refractivity contribution in [2.45, 2.75) is 51.4 Å². The molecule has 0 heterocycles. The number of hydrogen-bond acceptors (Lipinski definition) is 6.